The fourth-order valence-corrected chi connectivity index (χ4v) is 3.94. The van der Waals surface area contributed by atoms with Crippen molar-refractivity contribution in [1.82, 2.24) is 15.6 Å². The van der Waals surface area contributed by atoms with Crippen LogP contribution in [0.25, 0.3) is 11.3 Å². The Morgan fingerprint density at radius 2 is 2.16 bits per heavy atom. The number of benzene rings is 1. The fraction of sp³-hybridized carbons (Fsp3) is 0.444. The molecular formula is C18H22ClN3O2S. The Hall–Kier alpha value is -1.47. The molecule has 0 aliphatic carbocycles. The summed E-state index contributed by atoms with van der Waals surface area (Å²) in [5.74, 6) is -0.0550. The third kappa shape index (κ3) is 4.20. The molecule has 0 bridgehead atoms. The summed E-state index contributed by atoms with van der Waals surface area (Å²) in [6.45, 7) is 7.23. The second-order valence-corrected chi connectivity index (χ2v) is 7.87. The van der Waals surface area contributed by atoms with Crippen LogP contribution in [-0.4, -0.2) is 36.2 Å². The quantitative estimate of drug-likeness (QED) is 0.855. The molecule has 7 heteroatoms. The van der Waals surface area contributed by atoms with Crippen molar-refractivity contribution >= 4 is 28.8 Å². The summed E-state index contributed by atoms with van der Waals surface area (Å²) < 4.78 is 5.54. The third-order valence-electron chi connectivity index (χ3n) is 4.26. The van der Waals surface area contributed by atoms with Gasteiger partial charge >= 0.3 is 0 Å². The number of hydrogen-bond donors (Lipinski definition) is 2. The number of nitrogens with zero attached hydrogens (tertiary/aromatic N) is 1. The van der Waals surface area contributed by atoms with E-state index in [1.807, 2.05) is 45.0 Å². The maximum atomic E-state index is 12.5. The number of hydrogen-bond acceptors (Lipinski definition) is 5. The van der Waals surface area contributed by atoms with E-state index in [1.54, 1.807) is 11.3 Å². The van der Waals surface area contributed by atoms with Crippen molar-refractivity contribution in [2.75, 3.05) is 13.2 Å². The monoisotopic (exact) mass is 379 g/mol. The maximum absolute atomic E-state index is 12.5. The highest BCUT2D eigenvalue weighted by atomic mass is 35.5. The molecule has 25 heavy (non-hydrogen) atoms. The van der Waals surface area contributed by atoms with Gasteiger partial charge in [-0.2, -0.15) is 0 Å². The molecular weight excluding hydrogens is 358 g/mol. The number of rotatable bonds is 4. The van der Waals surface area contributed by atoms with E-state index in [-0.39, 0.29) is 24.1 Å². The van der Waals surface area contributed by atoms with Crippen LogP contribution in [0, 0.1) is 6.92 Å². The highest BCUT2D eigenvalue weighted by molar-refractivity contribution is 7.12. The van der Waals surface area contributed by atoms with Crippen LogP contribution in [0.3, 0.4) is 0 Å². The Morgan fingerprint density at radius 1 is 1.44 bits per heavy atom. The van der Waals surface area contributed by atoms with Gasteiger partial charge in [0.05, 0.1) is 24.4 Å². The number of carbonyl (C=O) groups is 1. The molecule has 1 aliphatic heterocycles. The molecule has 1 amide bonds. The first-order valence-corrected chi connectivity index (χ1v) is 9.54. The molecule has 0 spiro atoms. The maximum Gasteiger partial charge on any atom is 0.240 e. The Kier molecular flexibility index (Phi) is 5.74. The van der Waals surface area contributed by atoms with E-state index in [1.165, 1.54) is 0 Å². The zero-order valence-corrected chi connectivity index (χ0v) is 16.1. The van der Waals surface area contributed by atoms with Crippen molar-refractivity contribution in [3.8, 4) is 11.3 Å². The van der Waals surface area contributed by atoms with Crippen LogP contribution in [0.5, 0.6) is 0 Å². The minimum absolute atomic E-state index is 0.0550. The van der Waals surface area contributed by atoms with Gasteiger partial charge in [-0.15, -0.1) is 11.3 Å². The van der Waals surface area contributed by atoms with E-state index in [0.29, 0.717) is 18.2 Å². The molecule has 1 saturated heterocycles. The number of thiazole rings is 1. The lowest BCUT2D eigenvalue weighted by Gasteiger charge is -2.30. The Labute approximate surface area is 156 Å². The number of carbonyl (C=O) groups excluding carboxylic acids is 1. The minimum Gasteiger partial charge on any atom is -0.375 e. The molecule has 0 saturated carbocycles. The van der Waals surface area contributed by atoms with E-state index in [0.717, 1.165) is 21.1 Å². The molecule has 2 heterocycles. The molecule has 1 aromatic carbocycles. The van der Waals surface area contributed by atoms with Crippen molar-refractivity contribution in [1.29, 1.82) is 0 Å². The average Bonchev–Trinajstić information content (AvgIpc) is 2.98. The zero-order valence-electron chi connectivity index (χ0n) is 14.5. The van der Waals surface area contributed by atoms with Crippen LogP contribution in [0.15, 0.2) is 24.3 Å². The number of nitrogens with one attached hydrogen (secondary N) is 2. The second-order valence-electron chi connectivity index (χ2n) is 6.20. The smallest absolute Gasteiger partial charge is 0.240 e. The van der Waals surface area contributed by atoms with Gasteiger partial charge in [0.2, 0.25) is 5.91 Å². The van der Waals surface area contributed by atoms with Gasteiger partial charge < -0.3 is 15.4 Å². The predicted molar refractivity (Wildman–Crippen MR) is 101 cm³/mol. The fourth-order valence-electron chi connectivity index (χ4n) is 2.87. The summed E-state index contributed by atoms with van der Waals surface area (Å²) >= 11 is 7.56. The third-order valence-corrected chi connectivity index (χ3v) is 5.66. The molecule has 134 valence electrons. The number of amides is 1. The van der Waals surface area contributed by atoms with Crippen LogP contribution in [-0.2, 0) is 9.53 Å². The van der Waals surface area contributed by atoms with Gasteiger partial charge in [0, 0.05) is 22.0 Å². The molecule has 1 aromatic heterocycles. The molecule has 2 N–H and O–H groups in total. The van der Waals surface area contributed by atoms with Crippen LogP contribution in [0.4, 0.5) is 0 Å². The lowest BCUT2D eigenvalue weighted by molar-refractivity contribution is -0.129. The molecule has 3 rings (SSSR count). The van der Waals surface area contributed by atoms with Crippen molar-refractivity contribution < 1.29 is 9.53 Å². The van der Waals surface area contributed by atoms with Gasteiger partial charge in [-0.3, -0.25) is 4.79 Å². The van der Waals surface area contributed by atoms with Crippen molar-refractivity contribution in [2.45, 2.75) is 39.0 Å². The summed E-state index contributed by atoms with van der Waals surface area (Å²) in [4.78, 5) is 18.4. The van der Waals surface area contributed by atoms with Crippen LogP contribution >= 0.6 is 22.9 Å². The van der Waals surface area contributed by atoms with Gasteiger partial charge in [-0.25, -0.2) is 4.98 Å². The number of ether oxygens (including phenoxy) is 1. The summed E-state index contributed by atoms with van der Waals surface area (Å²) in [6, 6.07) is 7.15. The number of halogens is 1. The summed E-state index contributed by atoms with van der Waals surface area (Å²) in [7, 11) is 0. The predicted octanol–water partition coefficient (Wildman–Crippen LogP) is 3.33. The second kappa shape index (κ2) is 7.83. The van der Waals surface area contributed by atoms with Gasteiger partial charge in [0.25, 0.3) is 0 Å². The molecule has 2 aromatic rings. The standard InChI is InChI=1S/C18H22ClN3O2S/c1-10(21-17(23)15-11(2)24-9-8-20-15)18-22-16(12(3)25-18)13-4-6-14(19)7-5-13/h4-7,10-11,15,20H,8-9H2,1-3H3,(H,21,23)/t10?,11-,15+/m1/s1. The highest BCUT2D eigenvalue weighted by Gasteiger charge is 2.29. The molecule has 0 radical (unpaired) electrons. The number of aryl methyl sites for hydroxylation is 1. The molecule has 1 unspecified atom stereocenters. The van der Waals surface area contributed by atoms with Crippen LogP contribution in [0.2, 0.25) is 5.02 Å². The largest absolute Gasteiger partial charge is 0.375 e. The van der Waals surface area contributed by atoms with Crippen molar-refractivity contribution in [3.63, 3.8) is 0 Å². The summed E-state index contributed by atoms with van der Waals surface area (Å²) in [6.07, 6.45) is -0.136. The van der Waals surface area contributed by atoms with Crippen LogP contribution < -0.4 is 10.6 Å². The first-order chi connectivity index (χ1) is 12.0. The first kappa shape index (κ1) is 18.3. The SMILES string of the molecule is Cc1sc(C(C)NC(=O)[C@H]2NCCO[C@@H]2C)nc1-c1ccc(Cl)cc1. The van der Waals surface area contributed by atoms with E-state index >= 15 is 0 Å². The van der Waals surface area contributed by atoms with Crippen molar-refractivity contribution in [2.24, 2.45) is 0 Å². The molecule has 1 fully saturated rings. The summed E-state index contributed by atoms with van der Waals surface area (Å²) in [5.41, 5.74) is 1.96. The van der Waals surface area contributed by atoms with E-state index < -0.39 is 0 Å². The Bertz CT molecular complexity index is 747. The topological polar surface area (TPSA) is 63.2 Å². The van der Waals surface area contributed by atoms with E-state index in [9.17, 15) is 4.79 Å². The Balaban J connectivity index is 1.72. The van der Waals surface area contributed by atoms with E-state index in [2.05, 4.69) is 10.6 Å². The van der Waals surface area contributed by atoms with E-state index in [4.69, 9.17) is 21.3 Å². The number of aromatic nitrogens is 1. The van der Waals surface area contributed by atoms with Gasteiger partial charge in [0.1, 0.15) is 11.0 Å². The van der Waals surface area contributed by atoms with Gasteiger partial charge in [-0.05, 0) is 32.9 Å². The van der Waals surface area contributed by atoms with Crippen molar-refractivity contribution in [3.05, 3.63) is 39.2 Å². The number of morpholine rings is 1. The first-order valence-electron chi connectivity index (χ1n) is 8.34. The normalized spacial score (nSPS) is 21.8. The van der Waals surface area contributed by atoms with Gasteiger partial charge in [0.15, 0.2) is 0 Å². The van der Waals surface area contributed by atoms with Crippen LogP contribution in [0.1, 0.15) is 29.8 Å². The molecule has 5 nitrogen and oxygen atoms in total. The lowest BCUT2D eigenvalue weighted by atomic mass is 10.1. The highest BCUT2D eigenvalue weighted by Crippen LogP contribution is 2.31. The lowest BCUT2D eigenvalue weighted by Crippen LogP contribution is -2.55. The molecule has 3 atom stereocenters. The molecule has 1 aliphatic rings. The van der Waals surface area contributed by atoms with Gasteiger partial charge in [-0.1, -0.05) is 23.7 Å². The summed E-state index contributed by atoms with van der Waals surface area (Å²) in [5, 5.41) is 7.84. The average molecular weight is 380 g/mol. The Morgan fingerprint density at radius 3 is 2.84 bits per heavy atom. The minimum atomic E-state index is -0.326. The zero-order chi connectivity index (χ0) is 18.0.